The Kier molecular flexibility index (Phi) is 4.55. The molecule has 4 heteroatoms. The summed E-state index contributed by atoms with van der Waals surface area (Å²) in [5.41, 5.74) is 1.75. The van der Waals surface area contributed by atoms with Gasteiger partial charge in [0.05, 0.1) is 6.61 Å². The summed E-state index contributed by atoms with van der Waals surface area (Å²) >= 11 is 0. The SMILES string of the molecule is O=C1NCC(c2ccccc2)C12CN(CCc1ccccc1)CCO2. The molecule has 0 bridgehead atoms. The van der Waals surface area contributed by atoms with Gasteiger partial charge in [0.15, 0.2) is 5.60 Å². The van der Waals surface area contributed by atoms with Crippen molar-refractivity contribution in [2.75, 3.05) is 32.8 Å². The first-order valence-electron chi connectivity index (χ1n) is 9.01. The van der Waals surface area contributed by atoms with Gasteiger partial charge in [-0.15, -0.1) is 0 Å². The summed E-state index contributed by atoms with van der Waals surface area (Å²) in [6.07, 6.45) is 0.995. The molecule has 2 aliphatic heterocycles. The highest BCUT2D eigenvalue weighted by molar-refractivity contribution is 5.89. The monoisotopic (exact) mass is 336 g/mol. The van der Waals surface area contributed by atoms with Gasteiger partial charge in [-0.25, -0.2) is 0 Å². The van der Waals surface area contributed by atoms with Gasteiger partial charge in [0.1, 0.15) is 0 Å². The third-order valence-corrected chi connectivity index (χ3v) is 5.40. The first-order chi connectivity index (χ1) is 12.3. The minimum Gasteiger partial charge on any atom is -0.362 e. The van der Waals surface area contributed by atoms with Crippen LogP contribution in [0.4, 0.5) is 0 Å². The molecule has 0 aromatic heterocycles. The molecule has 2 aliphatic rings. The molecular weight excluding hydrogens is 312 g/mol. The molecule has 2 aromatic rings. The first kappa shape index (κ1) is 16.3. The van der Waals surface area contributed by atoms with E-state index < -0.39 is 5.60 Å². The van der Waals surface area contributed by atoms with Gasteiger partial charge in [-0.1, -0.05) is 60.7 Å². The number of nitrogens with zero attached hydrogens (tertiary/aromatic N) is 1. The highest BCUT2D eigenvalue weighted by Crippen LogP contribution is 2.38. The Morgan fingerprint density at radius 3 is 2.56 bits per heavy atom. The lowest BCUT2D eigenvalue weighted by Crippen LogP contribution is -2.58. The number of morpholine rings is 1. The van der Waals surface area contributed by atoms with E-state index in [-0.39, 0.29) is 11.8 Å². The largest absolute Gasteiger partial charge is 0.362 e. The number of carbonyl (C=O) groups is 1. The summed E-state index contributed by atoms with van der Waals surface area (Å²) in [7, 11) is 0. The van der Waals surface area contributed by atoms with Crippen molar-refractivity contribution in [3.05, 3.63) is 71.8 Å². The fourth-order valence-corrected chi connectivity index (χ4v) is 4.02. The Morgan fingerprint density at radius 2 is 1.80 bits per heavy atom. The van der Waals surface area contributed by atoms with E-state index in [9.17, 15) is 4.79 Å². The quantitative estimate of drug-likeness (QED) is 0.931. The molecule has 4 nitrogen and oxygen atoms in total. The number of amides is 1. The second kappa shape index (κ2) is 6.98. The summed E-state index contributed by atoms with van der Waals surface area (Å²) in [6, 6.07) is 20.8. The molecule has 4 rings (SSSR count). The number of rotatable bonds is 4. The van der Waals surface area contributed by atoms with E-state index in [1.807, 2.05) is 24.3 Å². The maximum absolute atomic E-state index is 12.7. The summed E-state index contributed by atoms with van der Waals surface area (Å²) in [4.78, 5) is 15.1. The van der Waals surface area contributed by atoms with Gasteiger partial charge < -0.3 is 10.1 Å². The molecule has 2 fully saturated rings. The van der Waals surface area contributed by atoms with Gasteiger partial charge in [0, 0.05) is 32.1 Å². The van der Waals surface area contributed by atoms with Crippen LogP contribution < -0.4 is 5.32 Å². The van der Waals surface area contributed by atoms with Gasteiger partial charge in [0.2, 0.25) is 0 Å². The number of ether oxygens (including phenoxy) is 1. The summed E-state index contributed by atoms with van der Waals surface area (Å²) in [5.74, 6) is 0.103. The van der Waals surface area contributed by atoms with Gasteiger partial charge in [0.25, 0.3) is 5.91 Å². The minimum absolute atomic E-state index is 0.0331. The smallest absolute Gasteiger partial charge is 0.254 e. The number of carbonyl (C=O) groups excluding carboxylic acids is 1. The predicted molar refractivity (Wildman–Crippen MR) is 97.5 cm³/mol. The lowest BCUT2D eigenvalue weighted by molar-refractivity contribution is -0.156. The maximum atomic E-state index is 12.7. The van der Waals surface area contributed by atoms with Crippen molar-refractivity contribution < 1.29 is 9.53 Å². The van der Waals surface area contributed by atoms with Gasteiger partial charge >= 0.3 is 0 Å². The lowest BCUT2D eigenvalue weighted by atomic mass is 9.83. The molecule has 2 unspecified atom stereocenters. The van der Waals surface area contributed by atoms with Gasteiger partial charge in [-0.2, -0.15) is 0 Å². The van der Waals surface area contributed by atoms with E-state index in [0.29, 0.717) is 19.7 Å². The Morgan fingerprint density at radius 1 is 1.08 bits per heavy atom. The molecule has 25 heavy (non-hydrogen) atoms. The van der Waals surface area contributed by atoms with Crippen LogP contribution in [0.15, 0.2) is 60.7 Å². The van der Waals surface area contributed by atoms with E-state index in [4.69, 9.17) is 4.74 Å². The van der Waals surface area contributed by atoms with Crippen LogP contribution in [0.25, 0.3) is 0 Å². The van der Waals surface area contributed by atoms with Crippen LogP contribution in [-0.2, 0) is 16.0 Å². The molecule has 0 saturated carbocycles. The zero-order valence-electron chi connectivity index (χ0n) is 14.4. The standard InChI is InChI=1S/C21H24N2O2/c24-20-21(19(15-22-20)18-9-5-2-6-10-18)16-23(13-14-25-21)12-11-17-7-3-1-4-8-17/h1-10,19H,11-16H2,(H,22,24). The Bertz CT molecular complexity index is 719. The fourth-order valence-electron chi connectivity index (χ4n) is 4.02. The van der Waals surface area contributed by atoms with Crippen LogP contribution in [0.3, 0.4) is 0 Å². The van der Waals surface area contributed by atoms with Gasteiger partial charge in [-0.05, 0) is 17.5 Å². The summed E-state index contributed by atoms with van der Waals surface area (Å²) in [6.45, 7) is 3.74. The maximum Gasteiger partial charge on any atom is 0.254 e. The van der Waals surface area contributed by atoms with Crippen molar-refractivity contribution >= 4 is 5.91 Å². The molecule has 130 valence electrons. The third-order valence-electron chi connectivity index (χ3n) is 5.40. The molecular formula is C21H24N2O2. The van der Waals surface area contributed by atoms with Crippen LogP contribution in [-0.4, -0.2) is 49.2 Å². The molecule has 2 atom stereocenters. The summed E-state index contributed by atoms with van der Waals surface area (Å²) < 4.78 is 6.13. The average molecular weight is 336 g/mol. The molecule has 2 saturated heterocycles. The zero-order chi connectivity index (χ0) is 17.1. The van der Waals surface area contributed by atoms with E-state index in [1.165, 1.54) is 11.1 Å². The topological polar surface area (TPSA) is 41.6 Å². The number of nitrogens with one attached hydrogen (secondary N) is 1. The van der Waals surface area contributed by atoms with E-state index in [2.05, 4.69) is 46.6 Å². The molecule has 1 amide bonds. The van der Waals surface area contributed by atoms with E-state index in [0.717, 1.165) is 19.5 Å². The van der Waals surface area contributed by atoms with Crippen molar-refractivity contribution in [2.24, 2.45) is 0 Å². The first-order valence-corrected chi connectivity index (χ1v) is 9.01. The van der Waals surface area contributed by atoms with Crippen LogP contribution in [0.2, 0.25) is 0 Å². The highest BCUT2D eigenvalue weighted by atomic mass is 16.5. The van der Waals surface area contributed by atoms with Crippen LogP contribution in [0.5, 0.6) is 0 Å². The highest BCUT2D eigenvalue weighted by Gasteiger charge is 2.54. The van der Waals surface area contributed by atoms with Crippen molar-refractivity contribution in [3.63, 3.8) is 0 Å². The second-order valence-corrected chi connectivity index (χ2v) is 6.92. The lowest BCUT2D eigenvalue weighted by Gasteiger charge is -2.42. The normalized spacial score (nSPS) is 26.7. The van der Waals surface area contributed by atoms with Crippen LogP contribution >= 0.6 is 0 Å². The molecule has 2 heterocycles. The number of hydrogen-bond donors (Lipinski definition) is 1. The van der Waals surface area contributed by atoms with Crippen LogP contribution in [0, 0.1) is 0 Å². The van der Waals surface area contributed by atoms with E-state index >= 15 is 0 Å². The number of benzene rings is 2. The molecule has 1 N–H and O–H groups in total. The van der Waals surface area contributed by atoms with Crippen molar-refractivity contribution in [1.29, 1.82) is 0 Å². The van der Waals surface area contributed by atoms with E-state index in [1.54, 1.807) is 0 Å². The average Bonchev–Trinajstić information content (AvgIpc) is 2.97. The Labute approximate surface area is 148 Å². The Balaban J connectivity index is 1.50. The molecule has 1 spiro atoms. The third kappa shape index (κ3) is 3.20. The molecule has 0 radical (unpaired) electrons. The molecule has 2 aromatic carbocycles. The molecule has 0 aliphatic carbocycles. The van der Waals surface area contributed by atoms with Gasteiger partial charge in [-0.3, -0.25) is 9.69 Å². The predicted octanol–water partition coefficient (Wildman–Crippen LogP) is 2.21. The minimum atomic E-state index is -0.754. The van der Waals surface area contributed by atoms with Crippen LogP contribution in [0.1, 0.15) is 17.0 Å². The second-order valence-electron chi connectivity index (χ2n) is 6.92. The zero-order valence-corrected chi connectivity index (χ0v) is 14.4. The van der Waals surface area contributed by atoms with Crippen molar-refractivity contribution in [2.45, 2.75) is 17.9 Å². The number of hydrogen-bond acceptors (Lipinski definition) is 3. The van der Waals surface area contributed by atoms with Crippen molar-refractivity contribution in [1.82, 2.24) is 10.2 Å². The van der Waals surface area contributed by atoms with Crippen molar-refractivity contribution in [3.8, 4) is 0 Å². The summed E-state index contributed by atoms with van der Waals surface area (Å²) in [5, 5.41) is 3.03. The fraction of sp³-hybridized carbons (Fsp3) is 0.381. The Hall–Kier alpha value is -2.17.